The molecule has 0 aliphatic carbocycles. The minimum atomic E-state index is -0.818. The van der Waals surface area contributed by atoms with Gasteiger partial charge in [0, 0.05) is 31.8 Å². The predicted octanol–water partition coefficient (Wildman–Crippen LogP) is 0.0305. The maximum atomic E-state index is 11.1. The summed E-state index contributed by atoms with van der Waals surface area (Å²) in [5.41, 5.74) is 4.81. The van der Waals surface area contributed by atoms with Crippen LogP contribution in [0.15, 0.2) is 12.4 Å². The number of hydrogen-bond donors (Lipinski definition) is 2. The van der Waals surface area contributed by atoms with Crippen LogP contribution in [-0.4, -0.2) is 21.5 Å². The number of primary amides is 1. The van der Waals surface area contributed by atoms with Gasteiger partial charge in [0.1, 0.15) is 5.82 Å². The molecular weight excluding hydrogens is 196 g/mol. The van der Waals surface area contributed by atoms with Gasteiger partial charge in [-0.3, -0.25) is 10.1 Å². The first-order chi connectivity index (χ1) is 7.13. The van der Waals surface area contributed by atoms with Gasteiger partial charge in [0.05, 0.1) is 0 Å². The van der Waals surface area contributed by atoms with E-state index in [2.05, 4.69) is 4.98 Å². The molecule has 1 aromatic rings. The van der Waals surface area contributed by atoms with Crippen LogP contribution in [0.4, 0.5) is 4.79 Å². The molecular formula is C9H14N4O2. The fraction of sp³-hybridized carbons (Fsp3) is 0.444. The molecule has 0 radical (unpaired) electrons. The number of nitrogens with zero attached hydrogens (tertiary/aromatic N) is 2. The normalized spacial score (nSPS) is 9.93. The number of urea groups is 1. The van der Waals surface area contributed by atoms with Gasteiger partial charge < -0.3 is 10.3 Å². The third kappa shape index (κ3) is 3.41. The second-order valence-corrected chi connectivity index (χ2v) is 3.05. The Morgan fingerprint density at radius 2 is 2.33 bits per heavy atom. The molecule has 6 nitrogen and oxygen atoms in total. The highest BCUT2D eigenvalue weighted by Gasteiger charge is 2.05. The Morgan fingerprint density at radius 3 is 2.93 bits per heavy atom. The van der Waals surface area contributed by atoms with Gasteiger partial charge >= 0.3 is 6.03 Å². The van der Waals surface area contributed by atoms with Crippen LogP contribution in [0.5, 0.6) is 0 Å². The summed E-state index contributed by atoms with van der Waals surface area (Å²) in [7, 11) is 0. The molecule has 15 heavy (non-hydrogen) atoms. The van der Waals surface area contributed by atoms with Crippen molar-refractivity contribution < 1.29 is 9.59 Å². The summed E-state index contributed by atoms with van der Waals surface area (Å²) in [5.74, 6) is 0.542. The molecule has 82 valence electrons. The molecule has 0 aromatic carbocycles. The van der Waals surface area contributed by atoms with Crippen LogP contribution >= 0.6 is 0 Å². The number of hydrogen-bond acceptors (Lipinski definition) is 3. The zero-order valence-corrected chi connectivity index (χ0v) is 8.56. The number of carbonyl (C=O) groups excluding carboxylic acids is 2. The van der Waals surface area contributed by atoms with E-state index in [-0.39, 0.29) is 12.3 Å². The van der Waals surface area contributed by atoms with Crippen LogP contribution in [0.25, 0.3) is 0 Å². The highest BCUT2D eigenvalue weighted by Crippen LogP contribution is 1.99. The minimum Gasteiger partial charge on any atom is -0.351 e. The lowest BCUT2D eigenvalue weighted by Gasteiger charge is -2.05. The Bertz CT molecular complexity index is 359. The molecule has 3 N–H and O–H groups in total. The van der Waals surface area contributed by atoms with Crippen LogP contribution in [0.2, 0.25) is 0 Å². The number of carbonyl (C=O) groups is 2. The Balaban J connectivity index is 2.43. The molecule has 1 rings (SSSR count). The summed E-state index contributed by atoms with van der Waals surface area (Å²) in [6.45, 7) is 2.49. The lowest BCUT2D eigenvalue weighted by Crippen LogP contribution is -2.35. The third-order valence-corrected chi connectivity index (χ3v) is 1.96. The summed E-state index contributed by atoms with van der Waals surface area (Å²) < 4.78 is 1.88. The van der Waals surface area contributed by atoms with E-state index < -0.39 is 6.03 Å². The number of imidazole rings is 1. The van der Waals surface area contributed by atoms with Crippen molar-refractivity contribution in [3.63, 3.8) is 0 Å². The van der Waals surface area contributed by atoms with Gasteiger partial charge in [0.2, 0.25) is 5.91 Å². The molecule has 0 saturated heterocycles. The topological polar surface area (TPSA) is 90.0 Å². The van der Waals surface area contributed by atoms with Gasteiger partial charge in [-0.2, -0.15) is 0 Å². The van der Waals surface area contributed by atoms with Crippen LogP contribution in [0.1, 0.15) is 19.2 Å². The number of nitrogens with one attached hydrogen (secondary N) is 1. The molecule has 0 spiro atoms. The minimum absolute atomic E-state index is 0.215. The Hall–Kier alpha value is -1.85. The van der Waals surface area contributed by atoms with Crippen molar-refractivity contribution in [2.45, 2.75) is 26.3 Å². The van der Waals surface area contributed by atoms with Gasteiger partial charge in [-0.25, -0.2) is 9.78 Å². The van der Waals surface area contributed by atoms with E-state index in [1.807, 2.05) is 16.8 Å². The number of imide groups is 1. The van der Waals surface area contributed by atoms with E-state index >= 15 is 0 Å². The molecule has 0 atom stereocenters. The lowest BCUT2D eigenvalue weighted by molar-refractivity contribution is -0.120. The van der Waals surface area contributed by atoms with E-state index in [9.17, 15) is 9.59 Å². The zero-order chi connectivity index (χ0) is 11.3. The number of nitrogens with two attached hydrogens (primary N) is 1. The molecule has 0 aliphatic rings. The standard InChI is InChI=1S/C9H14N4O2/c1-2-7-11-4-6-13(7)5-3-8(14)12-9(10)15/h4,6H,2-3,5H2,1H3,(H3,10,12,14,15). The number of amides is 3. The smallest absolute Gasteiger partial charge is 0.318 e. The second-order valence-electron chi connectivity index (χ2n) is 3.05. The highest BCUT2D eigenvalue weighted by atomic mass is 16.2. The second kappa shape index (κ2) is 5.14. The number of aryl methyl sites for hydroxylation is 2. The van der Waals surface area contributed by atoms with Crippen molar-refractivity contribution >= 4 is 11.9 Å². The van der Waals surface area contributed by atoms with Crippen molar-refractivity contribution in [3.8, 4) is 0 Å². The molecule has 1 aromatic heterocycles. The average molecular weight is 210 g/mol. The van der Waals surface area contributed by atoms with Crippen molar-refractivity contribution in [2.24, 2.45) is 5.73 Å². The first-order valence-corrected chi connectivity index (χ1v) is 4.72. The maximum Gasteiger partial charge on any atom is 0.318 e. The summed E-state index contributed by atoms with van der Waals surface area (Å²) >= 11 is 0. The SMILES string of the molecule is CCc1nccn1CCC(=O)NC(N)=O. The summed E-state index contributed by atoms with van der Waals surface area (Å²) in [4.78, 5) is 25.6. The number of rotatable bonds is 4. The molecule has 0 saturated carbocycles. The molecule has 0 aliphatic heterocycles. The summed E-state index contributed by atoms with van der Waals surface area (Å²) in [6, 6.07) is -0.818. The molecule has 3 amide bonds. The fourth-order valence-corrected chi connectivity index (χ4v) is 1.28. The van der Waals surface area contributed by atoms with E-state index in [4.69, 9.17) is 5.73 Å². The molecule has 1 heterocycles. The first kappa shape index (κ1) is 11.2. The van der Waals surface area contributed by atoms with E-state index in [0.717, 1.165) is 12.2 Å². The van der Waals surface area contributed by atoms with Gasteiger partial charge in [0.15, 0.2) is 0 Å². The molecule has 0 bridgehead atoms. The quantitative estimate of drug-likeness (QED) is 0.734. The maximum absolute atomic E-state index is 11.1. The number of aromatic nitrogens is 2. The monoisotopic (exact) mass is 210 g/mol. The van der Waals surface area contributed by atoms with Crippen LogP contribution in [-0.2, 0) is 17.8 Å². The van der Waals surface area contributed by atoms with Crippen molar-refractivity contribution in [1.82, 2.24) is 14.9 Å². The Morgan fingerprint density at radius 1 is 1.60 bits per heavy atom. The van der Waals surface area contributed by atoms with E-state index in [0.29, 0.717) is 6.54 Å². The van der Waals surface area contributed by atoms with Gasteiger partial charge in [-0.05, 0) is 0 Å². The van der Waals surface area contributed by atoms with Crippen molar-refractivity contribution in [2.75, 3.05) is 0 Å². The molecule has 0 fully saturated rings. The molecule has 0 unspecified atom stereocenters. The average Bonchev–Trinajstić information content (AvgIpc) is 2.60. The summed E-state index contributed by atoms with van der Waals surface area (Å²) in [6.07, 6.45) is 4.51. The fourth-order valence-electron chi connectivity index (χ4n) is 1.28. The van der Waals surface area contributed by atoms with Crippen molar-refractivity contribution in [1.29, 1.82) is 0 Å². The van der Waals surface area contributed by atoms with E-state index in [1.165, 1.54) is 0 Å². The van der Waals surface area contributed by atoms with E-state index in [1.54, 1.807) is 12.4 Å². The van der Waals surface area contributed by atoms with Crippen LogP contribution < -0.4 is 11.1 Å². The largest absolute Gasteiger partial charge is 0.351 e. The summed E-state index contributed by atoms with van der Waals surface area (Å²) in [5, 5.41) is 2.01. The predicted molar refractivity (Wildman–Crippen MR) is 53.9 cm³/mol. The van der Waals surface area contributed by atoms with Gasteiger partial charge in [0.25, 0.3) is 0 Å². The van der Waals surface area contributed by atoms with Crippen LogP contribution in [0, 0.1) is 0 Å². The van der Waals surface area contributed by atoms with Crippen LogP contribution in [0.3, 0.4) is 0 Å². The third-order valence-electron chi connectivity index (χ3n) is 1.96. The lowest BCUT2D eigenvalue weighted by atomic mass is 10.3. The first-order valence-electron chi connectivity index (χ1n) is 4.72. The van der Waals surface area contributed by atoms with Gasteiger partial charge in [-0.1, -0.05) is 6.92 Å². The highest BCUT2D eigenvalue weighted by molar-refractivity contribution is 5.93. The van der Waals surface area contributed by atoms with Crippen molar-refractivity contribution in [3.05, 3.63) is 18.2 Å². The van der Waals surface area contributed by atoms with Gasteiger partial charge in [-0.15, -0.1) is 0 Å². The Kier molecular flexibility index (Phi) is 3.84. The zero-order valence-electron chi connectivity index (χ0n) is 8.56. The molecule has 6 heteroatoms. The Labute approximate surface area is 87.5 Å².